The minimum Gasteiger partial charge on any atom is -0.396 e. The van der Waals surface area contributed by atoms with E-state index in [4.69, 9.17) is 5.11 Å². The number of thioether (sulfide) groups is 1. The highest BCUT2D eigenvalue weighted by Crippen LogP contribution is 2.15. The Labute approximate surface area is 139 Å². The average molecular weight is 328 g/mol. The van der Waals surface area contributed by atoms with E-state index in [0.717, 1.165) is 28.7 Å². The van der Waals surface area contributed by atoms with E-state index in [1.54, 1.807) is 11.8 Å². The summed E-state index contributed by atoms with van der Waals surface area (Å²) in [6.45, 7) is 2.95. The Morgan fingerprint density at radius 3 is 3.04 bits per heavy atom. The van der Waals surface area contributed by atoms with Crippen molar-refractivity contribution < 1.29 is 5.11 Å². The van der Waals surface area contributed by atoms with Gasteiger partial charge in [-0.25, -0.2) is 9.97 Å². The van der Waals surface area contributed by atoms with Crippen LogP contribution in [0, 0.1) is 6.92 Å². The normalized spacial score (nSPS) is 11.0. The number of aliphatic hydroxyl groups excluding tert-OH is 1. The molecule has 0 aliphatic heterocycles. The lowest BCUT2D eigenvalue weighted by molar-refractivity contribution is 0.322. The van der Waals surface area contributed by atoms with Crippen LogP contribution >= 0.6 is 11.8 Å². The number of fused-ring (bicyclic) bond motifs is 1. The molecule has 0 fully saturated rings. The summed E-state index contributed by atoms with van der Waals surface area (Å²) >= 11 is 1.71. The minimum atomic E-state index is 0.217. The van der Waals surface area contributed by atoms with Gasteiger partial charge in [0.25, 0.3) is 0 Å². The Hall–Kier alpha value is -2.05. The maximum atomic E-state index is 8.84. The van der Waals surface area contributed by atoms with Crippen LogP contribution in [0.15, 0.2) is 42.9 Å². The zero-order valence-corrected chi connectivity index (χ0v) is 13.9. The summed E-state index contributed by atoms with van der Waals surface area (Å²) in [6, 6.07) is 8.21. The molecule has 0 radical (unpaired) electrons. The maximum absolute atomic E-state index is 8.84. The number of aromatic nitrogens is 3. The van der Waals surface area contributed by atoms with Gasteiger partial charge in [-0.2, -0.15) is 11.8 Å². The number of imidazole rings is 1. The summed E-state index contributed by atoms with van der Waals surface area (Å²) in [5, 5.41) is 12.2. The fraction of sp³-hybridized carbons (Fsp3) is 0.294. The molecule has 5 nitrogen and oxygen atoms in total. The molecule has 0 amide bonds. The van der Waals surface area contributed by atoms with Crippen LogP contribution in [0.3, 0.4) is 0 Å². The standard InChI is InChI=1S/C17H20N4OS/c1-13-3-5-21-15(11-20-17(21)8-13)10-19-16-9-14(2-4-18-16)12-23-7-6-22/h2-5,8-9,11,22H,6-7,10,12H2,1H3,(H,18,19). The molecule has 0 saturated carbocycles. The van der Waals surface area contributed by atoms with Crippen molar-refractivity contribution in [3.8, 4) is 0 Å². The number of nitrogens with one attached hydrogen (secondary N) is 1. The quantitative estimate of drug-likeness (QED) is 0.653. The molecule has 3 aromatic rings. The summed E-state index contributed by atoms with van der Waals surface area (Å²) in [5.74, 6) is 2.49. The van der Waals surface area contributed by atoms with Crippen LogP contribution in [-0.4, -0.2) is 31.8 Å². The third-order valence-electron chi connectivity index (χ3n) is 3.52. The molecule has 2 N–H and O–H groups in total. The van der Waals surface area contributed by atoms with Crippen LogP contribution < -0.4 is 5.32 Å². The topological polar surface area (TPSA) is 62.5 Å². The fourth-order valence-electron chi connectivity index (χ4n) is 2.36. The van der Waals surface area contributed by atoms with Crippen molar-refractivity contribution in [2.75, 3.05) is 17.7 Å². The Balaban J connectivity index is 1.66. The number of nitrogens with zero attached hydrogens (tertiary/aromatic N) is 3. The van der Waals surface area contributed by atoms with Gasteiger partial charge in [-0.3, -0.25) is 0 Å². The smallest absolute Gasteiger partial charge is 0.137 e. The number of aryl methyl sites for hydroxylation is 1. The Morgan fingerprint density at radius 1 is 1.26 bits per heavy atom. The molecule has 3 rings (SSSR count). The van der Waals surface area contributed by atoms with Crippen LogP contribution in [-0.2, 0) is 12.3 Å². The molecule has 120 valence electrons. The van der Waals surface area contributed by atoms with E-state index in [-0.39, 0.29) is 6.61 Å². The molecular formula is C17H20N4OS. The van der Waals surface area contributed by atoms with Crippen molar-refractivity contribution in [1.29, 1.82) is 0 Å². The Kier molecular flexibility index (Phi) is 5.15. The van der Waals surface area contributed by atoms with Crippen molar-refractivity contribution in [2.45, 2.75) is 19.2 Å². The SMILES string of the molecule is Cc1ccn2c(CNc3cc(CSCCO)ccn3)cnc2c1. The fourth-order valence-corrected chi connectivity index (χ4v) is 3.05. The molecule has 23 heavy (non-hydrogen) atoms. The van der Waals surface area contributed by atoms with Crippen molar-refractivity contribution in [2.24, 2.45) is 0 Å². The van der Waals surface area contributed by atoms with E-state index in [1.807, 2.05) is 24.7 Å². The average Bonchev–Trinajstić information content (AvgIpc) is 2.96. The van der Waals surface area contributed by atoms with Crippen molar-refractivity contribution in [1.82, 2.24) is 14.4 Å². The predicted molar refractivity (Wildman–Crippen MR) is 94.7 cm³/mol. The molecule has 3 heterocycles. The lowest BCUT2D eigenvalue weighted by Crippen LogP contribution is -2.04. The molecule has 0 bridgehead atoms. The van der Waals surface area contributed by atoms with E-state index < -0.39 is 0 Å². The van der Waals surface area contributed by atoms with Gasteiger partial charge in [-0.15, -0.1) is 0 Å². The predicted octanol–water partition coefficient (Wildman–Crippen LogP) is 2.88. The van der Waals surface area contributed by atoms with Gasteiger partial charge in [0.05, 0.1) is 25.0 Å². The summed E-state index contributed by atoms with van der Waals surface area (Å²) in [7, 11) is 0. The third kappa shape index (κ3) is 4.03. The summed E-state index contributed by atoms with van der Waals surface area (Å²) in [5.41, 5.74) is 4.47. The van der Waals surface area contributed by atoms with Gasteiger partial charge in [-0.05, 0) is 42.3 Å². The number of hydrogen-bond donors (Lipinski definition) is 2. The second-order valence-electron chi connectivity index (χ2n) is 5.36. The van der Waals surface area contributed by atoms with E-state index in [9.17, 15) is 0 Å². The zero-order valence-electron chi connectivity index (χ0n) is 13.1. The molecule has 3 aromatic heterocycles. The van der Waals surface area contributed by atoms with Gasteiger partial charge >= 0.3 is 0 Å². The molecule has 0 unspecified atom stereocenters. The van der Waals surface area contributed by atoms with Gasteiger partial charge < -0.3 is 14.8 Å². The highest BCUT2D eigenvalue weighted by atomic mass is 32.2. The second kappa shape index (κ2) is 7.48. The van der Waals surface area contributed by atoms with Crippen LogP contribution in [0.2, 0.25) is 0 Å². The Bertz CT molecular complexity index is 787. The number of pyridine rings is 2. The lowest BCUT2D eigenvalue weighted by Gasteiger charge is -2.07. The zero-order chi connectivity index (χ0) is 16.1. The van der Waals surface area contributed by atoms with E-state index in [2.05, 4.69) is 44.8 Å². The number of anilines is 1. The first-order chi connectivity index (χ1) is 11.3. The van der Waals surface area contributed by atoms with Gasteiger partial charge in [0, 0.05) is 23.9 Å². The van der Waals surface area contributed by atoms with E-state index >= 15 is 0 Å². The second-order valence-corrected chi connectivity index (χ2v) is 6.47. The monoisotopic (exact) mass is 328 g/mol. The van der Waals surface area contributed by atoms with E-state index in [0.29, 0.717) is 6.54 Å². The summed E-state index contributed by atoms with van der Waals surface area (Å²) < 4.78 is 2.08. The molecular weight excluding hydrogens is 308 g/mol. The number of hydrogen-bond acceptors (Lipinski definition) is 5. The van der Waals surface area contributed by atoms with Gasteiger partial charge in [-0.1, -0.05) is 0 Å². The Morgan fingerprint density at radius 2 is 2.17 bits per heavy atom. The van der Waals surface area contributed by atoms with E-state index in [1.165, 1.54) is 11.1 Å². The first-order valence-electron chi connectivity index (χ1n) is 7.56. The van der Waals surface area contributed by atoms with Crippen LogP contribution in [0.5, 0.6) is 0 Å². The lowest BCUT2D eigenvalue weighted by atomic mass is 10.3. The van der Waals surface area contributed by atoms with Gasteiger partial charge in [0.1, 0.15) is 11.5 Å². The van der Waals surface area contributed by atoms with Crippen LogP contribution in [0.4, 0.5) is 5.82 Å². The third-order valence-corrected chi connectivity index (χ3v) is 4.53. The summed E-state index contributed by atoms with van der Waals surface area (Å²) in [6.07, 6.45) is 5.75. The largest absolute Gasteiger partial charge is 0.396 e. The highest BCUT2D eigenvalue weighted by molar-refractivity contribution is 7.98. The first-order valence-corrected chi connectivity index (χ1v) is 8.72. The molecule has 6 heteroatoms. The maximum Gasteiger partial charge on any atom is 0.137 e. The molecule has 0 saturated heterocycles. The summed E-state index contributed by atoms with van der Waals surface area (Å²) in [4.78, 5) is 8.80. The minimum absolute atomic E-state index is 0.217. The van der Waals surface area contributed by atoms with Gasteiger partial charge in [0.2, 0.25) is 0 Å². The highest BCUT2D eigenvalue weighted by Gasteiger charge is 2.04. The van der Waals surface area contributed by atoms with Crippen LogP contribution in [0.25, 0.3) is 5.65 Å². The molecule has 0 aliphatic rings. The van der Waals surface area contributed by atoms with Crippen molar-refractivity contribution in [3.05, 3.63) is 59.7 Å². The van der Waals surface area contributed by atoms with Crippen LogP contribution in [0.1, 0.15) is 16.8 Å². The molecule has 0 atom stereocenters. The molecule has 0 aromatic carbocycles. The number of aliphatic hydroxyl groups is 1. The number of rotatable bonds is 7. The first kappa shape index (κ1) is 15.8. The molecule has 0 spiro atoms. The van der Waals surface area contributed by atoms with Gasteiger partial charge in [0.15, 0.2) is 0 Å². The molecule has 0 aliphatic carbocycles. The van der Waals surface area contributed by atoms with Crippen molar-refractivity contribution >= 4 is 23.2 Å². The van der Waals surface area contributed by atoms with Crippen molar-refractivity contribution in [3.63, 3.8) is 0 Å².